The largest absolute Gasteiger partial charge is 0.310 e. The third kappa shape index (κ3) is 1.44. The highest BCUT2D eigenvalue weighted by Gasteiger charge is 2.25. The van der Waals surface area contributed by atoms with Crippen molar-refractivity contribution in [3.63, 3.8) is 0 Å². The van der Waals surface area contributed by atoms with Crippen molar-refractivity contribution < 1.29 is 4.39 Å². The highest BCUT2D eigenvalue weighted by Crippen LogP contribution is 2.33. The second-order valence-electron chi connectivity index (χ2n) is 3.98. The molecule has 2 heteroatoms. The Balaban J connectivity index is 2.51. The fourth-order valence-electron chi connectivity index (χ4n) is 2.24. The summed E-state index contributed by atoms with van der Waals surface area (Å²) in [7, 11) is 0. The summed E-state index contributed by atoms with van der Waals surface area (Å²) in [5.41, 5.74) is 2.06. The summed E-state index contributed by atoms with van der Waals surface area (Å²) in [6, 6.07) is 5.67. The molecule has 1 aromatic carbocycles. The molecule has 2 unspecified atom stereocenters. The van der Waals surface area contributed by atoms with Crippen LogP contribution in [0.2, 0.25) is 0 Å². The minimum absolute atomic E-state index is 0.0392. The van der Waals surface area contributed by atoms with Crippen LogP contribution in [0, 0.1) is 5.82 Å². The van der Waals surface area contributed by atoms with Crippen molar-refractivity contribution in [1.82, 2.24) is 5.32 Å². The number of nitrogens with one attached hydrogen (secondary N) is 1. The van der Waals surface area contributed by atoms with Crippen LogP contribution in [0.3, 0.4) is 0 Å². The van der Waals surface area contributed by atoms with Gasteiger partial charge in [-0.05, 0) is 36.5 Å². The van der Waals surface area contributed by atoms with Crippen molar-refractivity contribution in [2.24, 2.45) is 0 Å². The molecule has 76 valence electrons. The number of fused-ring (bicyclic) bond motifs is 1. The Labute approximate surface area is 84.3 Å². The molecule has 0 bridgehead atoms. The van der Waals surface area contributed by atoms with Crippen molar-refractivity contribution in [2.75, 3.05) is 6.54 Å². The second-order valence-corrected chi connectivity index (χ2v) is 3.98. The molecule has 0 radical (unpaired) electrons. The van der Waals surface area contributed by atoms with Crippen molar-refractivity contribution >= 4 is 0 Å². The van der Waals surface area contributed by atoms with Crippen molar-refractivity contribution in [3.8, 4) is 0 Å². The first-order valence-corrected chi connectivity index (χ1v) is 5.25. The minimum Gasteiger partial charge on any atom is -0.310 e. The first-order valence-electron chi connectivity index (χ1n) is 5.25. The minimum atomic E-state index is -0.0392. The number of hydrogen-bond acceptors (Lipinski definition) is 1. The van der Waals surface area contributed by atoms with Gasteiger partial charge < -0.3 is 5.32 Å². The van der Waals surface area contributed by atoms with Gasteiger partial charge in [-0.25, -0.2) is 4.39 Å². The molecule has 0 amide bonds. The molecule has 2 rings (SSSR count). The number of halogens is 1. The lowest BCUT2D eigenvalue weighted by atomic mass is 9.85. The van der Waals surface area contributed by atoms with Crippen LogP contribution >= 0.6 is 0 Å². The molecular formula is C12H16FN. The lowest BCUT2D eigenvalue weighted by Crippen LogP contribution is -2.32. The molecular weight excluding hydrogens is 177 g/mol. The van der Waals surface area contributed by atoms with Gasteiger partial charge in [0.25, 0.3) is 0 Å². The summed E-state index contributed by atoms with van der Waals surface area (Å²) in [5.74, 6) is 0.296. The Morgan fingerprint density at radius 1 is 1.50 bits per heavy atom. The van der Waals surface area contributed by atoms with Crippen LogP contribution in [-0.2, 0) is 0 Å². The highest BCUT2D eigenvalue weighted by atomic mass is 19.1. The second kappa shape index (κ2) is 3.70. The van der Waals surface area contributed by atoms with Gasteiger partial charge in [-0.2, -0.15) is 0 Å². The van der Waals surface area contributed by atoms with E-state index in [0.717, 1.165) is 24.1 Å². The molecule has 0 aliphatic carbocycles. The van der Waals surface area contributed by atoms with Gasteiger partial charge in [0.2, 0.25) is 0 Å². The summed E-state index contributed by atoms with van der Waals surface area (Å²) in [4.78, 5) is 0. The van der Waals surface area contributed by atoms with E-state index < -0.39 is 0 Å². The summed E-state index contributed by atoms with van der Waals surface area (Å²) < 4.78 is 13.7. The zero-order chi connectivity index (χ0) is 10.1. The lowest BCUT2D eigenvalue weighted by molar-refractivity contribution is 0.447. The number of rotatable bonds is 1. The third-order valence-electron chi connectivity index (χ3n) is 3.12. The quantitative estimate of drug-likeness (QED) is 0.723. The van der Waals surface area contributed by atoms with Crippen LogP contribution < -0.4 is 5.32 Å². The van der Waals surface area contributed by atoms with Crippen LogP contribution in [0.1, 0.15) is 43.4 Å². The topological polar surface area (TPSA) is 12.0 Å². The van der Waals surface area contributed by atoms with Gasteiger partial charge in [0.05, 0.1) is 0 Å². The Kier molecular flexibility index (Phi) is 2.55. The molecule has 0 saturated heterocycles. The van der Waals surface area contributed by atoms with E-state index in [4.69, 9.17) is 0 Å². The fraction of sp³-hybridized carbons (Fsp3) is 0.500. The Bertz CT molecular complexity index is 335. The molecule has 0 spiro atoms. The number of benzene rings is 1. The van der Waals surface area contributed by atoms with Crippen LogP contribution in [0.25, 0.3) is 0 Å². The molecule has 1 aromatic rings. The Hall–Kier alpha value is -0.890. The van der Waals surface area contributed by atoms with E-state index in [1.54, 1.807) is 12.1 Å². The van der Waals surface area contributed by atoms with Crippen molar-refractivity contribution in [1.29, 1.82) is 0 Å². The zero-order valence-electron chi connectivity index (χ0n) is 8.68. The standard InChI is InChI=1S/C12H16FN/c1-3-9-7-14-8(2)10-5-4-6-11(13)12(9)10/h4-6,8-9,14H,3,7H2,1-2H3. The van der Waals surface area contributed by atoms with Crippen molar-refractivity contribution in [3.05, 3.63) is 35.1 Å². The normalized spacial score (nSPS) is 25.9. The highest BCUT2D eigenvalue weighted by molar-refractivity contribution is 5.36. The lowest BCUT2D eigenvalue weighted by Gasteiger charge is -2.30. The average molecular weight is 193 g/mol. The SMILES string of the molecule is CCC1CNC(C)c2cccc(F)c21. The first-order chi connectivity index (χ1) is 6.74. The van der Waals surface area contributed by atoms with E-state index in [9.17, 15) is 4.39 Å². The zero-order valence-corrected chi connectivity index (χ0v) is 8.68. The van der Waals surface area contributed by atoms with E-state index in [-0.39, 0.29) is 11.9 Å². The van der Waals surface area contributed by atoms with E-state index >= 15 is 0 Å². The molecule has 1 N–H and O–H groups in total. The van der Waals surface area contributed by atoms with Gasteiger partial charge >= 0.3 is 0 Å². The number of hydrogen-bond donors (Lipinski definition) is 1. The van der Waals surface area contributed by atoms with Gasteiger partial charge in [-0.15, -0.1) is 0 Å². The summed E-state index contributed by atoms with van der Waals surface area (Å²) >= 11 is 0. The van der Waals surface area contributed by atoms with Gasteiger partial charge in [-0.1, -0.05) is 19.1 Å². The molecule has 1 aliphatic heterocycles. The predicted molar refractivity (Wildman–Crippen MR) is 55.8 cm³/mol. The maximum atomic E-state index is 13.7. The molecule has 0 fully saturated rings. The molecule has 1 nitrogen and oxygen atoms in total. The van der Waals surface area contributed by atoms with Gasteiger partial charge in [0.15, 0.2) is 0 Å². The predicted octanol–water partition coefficient (Wildman–Crippen LogP) is 2.98. The maximum absolute atomic E-state index is 13.7. The molecule has 2 atom stereocenters. The summed E-state index contributed by atoms with van der Waals surface area (Å²) in [5, 5.41) is 3.40. The van der Waals surface area contributed by atoms with Gasteiger partial charge in [-0.3, -0.25) is 0 Å². The molecule has 14 heavy (non-hydrogen) atoms. The Morgan fingerprint density at radius 3 is 3.00 bits per heavy atom. The van der Waals surface area contributed by atoms with E-state index in [2.05, 4.69) is 19.2 Å². The van der Waals surface area contributed by atoms with E-state index in [0.29, 0.717) is 5.92 Å². The van der Waals surface area contributed by atoms with Crippen LogP contribution in [0.15, 0.2) is 18.2 Å². The van der Waals surface area contributed by atoms with Crippen LogP contribution in [0.4, 0.5) is 4.39 Å². The summed E-state index contributed by atoms with van der Waals surface area (Å²) in [6.45, 7) is 5.09. The molecule has 0 saturated carbocycles. The average Bonchev–Trinajstić information content (AvgIpc) is 2.20. The molecule has 1 heterocycles. The maximum Gasteiger partial charge on any atom is 0.127 e. The van der Waals surface area contributed by atoms with E-state index in [1.165, 1.54) is 0 Å². The van der Waals surface area contributed by atoms with Gasteiger partial charge in [0.1, 0.15) is 5.82 Å². The smallest absolute Gasteiger partial charge is 0.127 e. The van der Waals surface area contributed by atoms with Gasteiger partial charge in [0, 0.05) is 12.6 Å². The molecule has 1 aliphatic rings. The molecule has 0 aromatic heterocycles. The van der Waals surface area contributed by atoms with Crippen LogP contribution in [-0.4, -0.2) is 6.54 Å². The summed E-state index contributed by atoms with van der Waals surface area (Å²) in [6.07, 6.45) is 0.994. The third-order valence-corrected chi connectivity index (χ3v) is 3.12. The Morgan fingerprint density at radius 2 is 2.29 bits per heavy atom. The first kappa shape index (κ1) is 9.66. The van der Waals surface area contributed by atoms with Crippen molar-refractivity contribution in [2.45, 2.75) is 32.2 Å². The monoisotopic (exact) mass is 193 g/mol. The fourth-order valence-corrected chi connectivity index (χ4v) is 2.24. The van der Waals surface area contributed by atoms with E-state index in [1.807, 2.05) is 6.07 Å². The van der Waals surface area contributed by atoms with Crippen LogP contribution in [0.5, 0.6) is 0 Å².